The molecule has 1 aliphatic carbocycles. The van der Waals surface area contributed by atoms with Crippen molar-refractivity contribution in [3.05, 3.63) is 105 Å². The molecule has 0 radical (unpaired) electrons. The number of fused-ring (bicyclic) bond motifs is 4. The maximum atomic E-state index is 11.8. The number of nitrogens with one attached hydrogen (secondary N) is 1. The van der Waals surface area contributed by atoms with Gasteiger partial charge in [0.2, 0.25) is 6.54 Å². The van der Waals surface area contributed by atoms with Gasteiger partial charge in [0.1, 0.15) is 0 Å². The monoisotopic (exact) mass is 426 g/mol. The van der Waals surface area contributed by atoms with E-state index in [0.717, 1.165) is 44.4 Å². The summed E-state index contributed by atoms with van der Waals surface area (Å²) in [7, 11) is 3.19. The van der Waals surface area contributed by atoms with Gasteiger partial charge in [-0.1, -0.05) is 54.6 Å². The number of H-pyrrole nitrogens is 1. The van der Waals surface area contributed by atoms with E-state index in [2.05, 4.69) is 23.2 Å². The van der Waals surface area contributed by atoms with Crippen molar-refractivity contribution >= 4 is 22.6 Å². The molecule has 0 amide bonds. The van der Waals surface area contributed by atoms with E-state index in [1.54, 1.807) is 14.2 Å². The normalized spacial score (nSPS) is 14.8. The van der Waals surface area contributed by atoms with Crippen LogP contribution in [0.2, 0.25) is 0 Å². The van der Waals surface area contributed by atoms with Crippen LogP contribution in [0.4, 0.5) is 0 Å². The summed E-state index contributed by atoms with van der Waals surface area (Å²) < 4.78 is 11.0. The third kappa shape index (κ3) is 3.21. The molecule has 1 aliphatic rings. The highest BCUT2D eigenvalue weighted by molar-refractivity contribution is 6.01. The predicted octanol–water partition coefficient (Wildman–Crippen LogP) is 5.50. The van der Waals surface area contributed by atoms with E-state index in [0.29, 0.717) is 11.5 Å². The minimum absolute atomic E-state index is 0.207. The van der Waals surface area contributed by atoms with Crippen molar-refractivity contribution in [2.24, 2.45) is 0 Å². The first-order valence-corrected chi connectivity index (χ1v) is 10.4. The number of aromatic nitrogens is 1. The molecule has 1 atom stereocenters. The number of nitro groups is 1. The van der Waals surface area contributed by atoms with Crippen LogP contribution < -0.4 is 9.47 Å². The van der Waals surface area contributed by atoms with Crippen LogP contribution in [0.25, 0.3) is 22.6 Å². The van der Waals surface area contributed by atoms with Gasteiger partial charge in [-0.15, -0.1) is 0 Å². The Morgan fingerprint density at radius 3 is 2.38 bits per heavy atom. The second-order valence-corrected chi connectivity index (χ2v) is 7.79. The second-order valence-electron chi connectivity index (χ2n) is 7.79. The summed E-state index contributed by atoms with van der Waals surface area (Å²) in [5.74, 6) is 0.776. The Balaban J connectivity index is 1.89. The Kier molecular flexibility index (Phi) is 4.90. The molecular weight excluding hydrogens is 404 g/mol. The van der Waals surface area contributed by atoms with Gasteiger partial charge in [0.15, 0.2) is 11.5 Å². The number of methoxy groups -OCH3 is 2. The van der Waals surface area contributed by atoms with Crippen LogP contribution in [0, 0.1) is 10.1 Å². The number of ether oxygens (including phenoxy) is 2. The van der Waals surface area contributed by atoms with Gasteiger partial charge >= 0.3 is 0 Å². The number of rotatable bonds is 5. The van der Waals surface area contributed by atoms with E-state index in [1.807, 2.05) is 54.6 Å². The summed E-state index contributed by atoms with van der Waals surface area (Å²) in [5.41, 5.74) is 6.58. The zero-order valence-electron chi connectivity index (χ0n) is 17.8. The molecule has 0 saturated heterocycles. The first-order valence-electron chi connectivity index (χ1n) is 10.4. The molecular formula is C26H22N2O4. The Morgan fingerprint density at radius 1 is 0.969 bits per heavy atom. The van der Waals surface area contributed by atoms with Crippen molar-refractivity contribution in [2.45, 2.75) is 5.92 Å². The highest BCUT2D eigenvalue weighted by Crippen LogP contribution is 2.45. The van der Waals surface area contributed by atoms with Crippen molar-refractivity contribution in [3.8, 4) is 11.5 Å². The number of aromatic amines is 1. The number of hydrogen-bond acceptors (Lipinski definition) is 4. The molecule has 0 saturated carbocycles. The quantitative estimate of drug-likeness (QED) is 0.338. The number of benzene rings is 3. The fraction of sp³-hybridized carbons (Fsp3) is 0.154. The van der Waals surface area contributed by atoms with E-state index in [-0.39, 0.29) is 11.5 Å². The van der Waals surface area contributed by atoms with Crippen molar-refractivity contribution < 1.29 is 14.4 Å². The van der Waals surface area contributed by atoms with Crippen molar-refractivity contribution in [3.63, 3.8) is 0 Å². The molecule has 6 heteroatoms. The standard InChI is InChI=1S/C26H22N2O4/c1-31-23-13-20-22(14-24(23)32-2)27-26-19(16-8-4-3-5-9-16)12-17-10-6-7-11-18(17)21(25(20)26)15-28(29)30/h3-14,21,27H,15H2,1-2H3. The summed E-state index contributed by atoms with van der Waals surface area (Å²) in [6.07, 6.45) is 2.12. The van der Waals surface area contributed by atoms with Crippen LogP contribution in [-0.2, 0) is 0 Å². The molecule has 0 aliphatic heterocycles. The van der Waals surface area contributed by atoms with Gasteiger partial charge in [-0.05, 0) is 34.4 Å². The average molecular weight is 426 g/mol. The first-order chi connectivity index (χ1) is 15.6. The highest BCUT2D eigenvalue weighted by atomic mass is 16.6. The van der Waals surface area contributed by atoms with Crippen LogP contribution in [0.3, 0.4) is 0 Å². The molecule has 32 heavy (non-hydrogen) atoms. The minimum Gasteiger partial charge on any atom is -0.493 e. The Labute approximate surface area is 185 Å². The van der Waals surface area contributed by atoms with Crippen LogP contribution in [0.15, 0.2) is 66.7 Å². The lowest BCUT2D eigenvalue weighted by molar-refractivity contribution is -0.481. The summed E-state index contributed by atoms with van der Waals surface area (Å²) in [5, 5.41) is 12.7. The lowest BCUT2D eigenvalue weighted by Crippen LogP contribution is -2.15. The van der Waals surface area contributed by atoms with Gasteiger partial charge in [-0.2, -0.15) is 0 Å². The molecule has 3 aromatic carbocycles. The fourth-order valence-corrected chi connectivity index (χ4v) is 4.64. The lowest BCUT2D eigenvalue weighted by atomic mass is 9.87. The summed E-state index contributed by atoms with van der Waals surface area (Å²) in [4.78, 5) is 15.1. The van der Waals surface area contributed by atoms with Gasteiger partial charge in [0.05, 0.1) is 31.3 Å². The molecule has 1 heterocycles. The molecule has 6 nitrogen and oxygen atoms in total. The average Bonchev–Trinajstić information content (AvgIpc) is 3.12. The maximum absolute atomic E-state index is 11.8. The van der Waals surface area contributed by atoms with Crippen molar-refractivity contribution in [2.75, 3.05) is 20.8 Å². The first kappa shape index (κ1) is 19.9. The zero-order chi connectivity index (χ0) is 22.2. The van der Waals surface area contributed by atoms with Gasteiger partial charge in [0, 0.05) is 21.9 Å². The topological polar surface area (TPSA) is 77.4 Å². The number of nitrogens with zero attached hydrogens (tertiary/aromatic N) is 1. The van der Waals surface area contributed by atoms with Crippen molar-refractivity contribution in [1.29, 1.82) is 0 Å². The number of hydrogen-bond donors (Lipinski definition) is 1. The van der Waals surface area contributed by atoms with Crippen LogP contribution in [-0.4, -0.2) is 30.7 Å². The Morgan fingerprint density at radius 2 is 1.66 bits per heavy atom. The molecule has 5 rings (SSSR count). The zero-order valence-corrected chi connectivity index (χ0v) is 17.8. The SMILES string of the molecule is COc1cc2[nH]c3c(c2cc1OC)C(C[N+](=O)[O-])c1ccccc1C=C3c1ccccc1. The lowest BCUT2D eigenvalue weighted by Gasteiger charge is -2.16. The smallest absolute Gasteiger partial charge is 0.214 e. The van der Waals surface area contributed by atoms with Crippen molar-refractivity contribution in [1.82, 2.24) is 4.98 Å². The third-order valence-corrected chi connectivity index (χ3v) is 6.05. The van der Waals surface area contributed by atoms with Crippen LogP contribution >= 0.6 is 0 Å². The minimum atomic E-state index is -0.416. The molecule has 1 N–H and O–H groups in total. The molecule has 1 unspecified atom stereocenters. The van der Waals surface area contributed by atoms with Gasteiger partial charge in [0.25, 0.3) is 0 Å². The maximum Gasteiger partial charge on any atom is 0.214 e. The third-order valence-electron chi connectivity index (χ3n) is 6.05. The molecule has 4 aromatic rings. The van der Waals surface area contributed by atoms with E-state index in [9.17, 15) is 10.1 Å². The predicted molar refractivity (Wildman–Crippen MR) is 125 cm³/mol. The molecule has 0 fully saturated rings. The van der Waals surface area contributed by atoms with Crippen LogP contribution in [0.1, 0.15) is 33.9 Å². The van der Waals surface area contributed by atoms with E-state index < -0.39 is 5.92 Å². The molecule has 1 aromatic heterocycles. The molecule has 0 bridgehead atoms. The molecule has 160 valence electrons. The Bertz CT molecular complexity index is 1360. The molecule has 0 spiro atoms. The second kappa shape index (κ2) is 7.89. The van der Waals surface area contributed by atoms with E-state index in [1.165, 1.54) is 0 Å². The van der Waals surface area contributed by atoms with Gasteiger partial charge in [-0.25, -0.2) is 0 Å². The fourth-order valence-electron chi connectivity index (χ4n) is 4.64. The summed E-state index contributed by atoms with van der Waals surface area (Å²) >= 11 is 0. The highest BCUT2D eigenvalue weighted by Gasteiger charge is 2.32. The summed E-state index contributed by atoms with van der Waals surface area (Å²) in [6, 6.07) is 21.8. The van der Waals surface area contributed by atoms with Gasteiger partial charge < -0.3 is 14.5 Å². The summed E-state index contributed by atoms with van der Waals surface area (Å²) in [6.45, 7) is -0.207. The van der Waals surface area contributed by atoms with E-state index in [4.69, 9.17) is 9.47 Å². The van der Waals surface area contributed by atoms with E-state index >= 15 is 0 Å². The largest absolute Gasteiger partial charge is 0.493 e. The van der Waals surface area contributed by atoms with Crippen LogP contribution in [0.5, 0.6) is 11.5 Å². The van der Waals surface area contributed by atoms with Gasteiger partial charge in [-0.3, -0.25) is 10.1 Å². The Hall–Kier alpha value is -4.06.